The molecule has 3 aromatic heterocycles. The molecule has 1 N–H and O–H groups in total. The Balaban J connectivity index is 1.63. The minimum Gasteiger partial charge on any atom is -0.505 e. The molecule has 2 fully saturated rings. The molecule has 0 aromatic carbocycles. The van der Waals surface area contributed by atoms with Crippen LogP contribution >= 0.6 is 0 Å². The zero-order valence-corrected chi connectivity index (χ0v) is 16.8. The molecule has 5 rings (SSSR count). The van der Waals surface area contributed by atoms with Gasteiger partial charge in [0.2, 0.25) is 0 Å². The summed E-state index contributed by atoms with van der Waals surface area (Å²) in [6, 6.07) is 3.84. The van der Waals surface area contributed by atoms with Crippen LogP contribution in [0.3, 0.4) is 0 Å². The van der Waals surface area contributed by atoms with E-state index in [1.165, 1.54) is 0 Å². The second-order valence-electron chi connectivity index (χ2n) is 7.77. The van der Waals surface area contributed by atoms with Crippen LogP contribution in [0, 0.1) is 0 Å². The summed E-state index contributed by atoms with van der Waals surface area (Å²) in [5.74, 6) is 0.907. The molecule has 0 radical (unpaired) electrons. The molecule has 0 saturated carbocycles. The predicted molar refractivity (Wildman–Crippen MR) is 108 cm³/mol. The standard InChI is InChI=1S/C20H26N6O3/c1-13-12-28-10-8-25(13)16-11-15(27)20-19(22-16)18(23-24(20)2)14-6-7-21-26(14)17-5-3-4-9-29-17/h6-7,11,13,17H,3-5,8-10,12H2,1-2H3,(H,22,27)/t13-,17?/m1/s1. The van der Waals surface area contributed by atoms with Crippen molar-refractivity contribution in [3.05, 3.63) is 18.3 Å². The molecule has 0 aliphatic carbocycles. The molecule has 0 amide bonds. The van der Waals surface area contributed by atoms with Crippen LogP contribution in [0.2, 0.25) is 0 Å². The van der Waals surface area contributed by atoms with E-state index in [4.69, 9.17) is 14.5 Å². The fourth-order valence-corrected chi connectivity index (χ4v) is 4.28. The molecule has 2 aliphatic heterocycles. The fourth-order valence-electron chi connectivity index (χ4n) is 4.28. The first kappa shape index (κ1) is 18.4. The van der Waals surface area contributed by atoms with Gasteiger partial charge in [0, 0.05) is 32.5 Å². The maximum absolute atomic E-state index is 10.8. The molecule has 9 nitrogen and oxygen atoms in total. The molecule has 2 aliphatic rings. The number of nitrogens with zero attached hydrogens (tertiary/aromatic N) is 6. The van der Waals surface area contributed by atoms with E-state index in [9.17, 15) is 5.11 Å². The van der Waals surface area contributed by atoms with Crippen LogP contribution in [0.4, 0.5) is 5.82 Å². The summed E-state index contributed by atoms with van der Waals surface area (Å²) < 4.78 is 15.1. The number of morpholine rings is 1. The predicted octanol–water partition coefficient (Wildman–Crippen LogP) is 2.46. The molecule has 0 bridgehead atoms. The molecule has 0 spiro atoms. The third-order valence-corrected chi connectivity index (χ3v) is 5.76. The van der Waals surface area contributed by atoms with Gasteiger partial charge in [0.25, 0.3) is 0 Å². The van der Waals surface area contributed by atoms with Crippen molar-refractivity contribution in [3.63, 3.8) is 0 Å². The highest BCUT2D eigenvalue weighted by molar-refractivity contribution is 5.94. The largest absolute Gasteiger partial charge is 0.505 e. The van der Waals surface area contributed by atoms with Gasteiger partial charge in [-0.15, -0.1) is 0 Å². The molecule has 5 heterocycles. The quantitative estimate of drug-likeness (QED) is 0.725. The number of ether oxygens (including phenoxy) is 2. The number of hydrogen-bond donors (Lipinski definition) is 1. The van der Waals surface area contributed by atoms with Crippen LogP contribution in [-0.4, -0.2) is 62.1 Å². The number of aryl methyl sites for hydroxylation is 1. The van der Waals surface area contributed by atoms with E-state index in [0.717, 1.165) is 43.9 Å². The molecule has 154 valence electrons. The minimum absolute atomic E-state index is 0.0955. The first-order chi connectivity index (χ1) is 14.1. The molecule has 2 atom stereocenters. The lowest BCUT2D eigenvalue weighted by Crippen LogP contribution is -2.44. The summed E-state index contributed by atoms with van der Waals surface area (Å²) in [4.78, 5) is 7.09. The Morgan fingerprint density at radius 1 is 1.24 bits per heavy atom. The smallest absolute Gasteiger partial charge is 0.150 e. The summed E-state index contributed by atoms with van der Waals surface area (Å²) in [6.45, 7) is 4.87. The van der Waals surface area contributed by atoms with E-state index in [1.54, 1.807) is 16.9 Å². The number of anilines is 1. The van der Waals surface area contributed by atoms with Gasteiger partial charge in [0.05, 0.1) is 24.9 Å². The van der Waals surface area contributed by atoms with Crippen LogP contribution < -0.4 is 4.90 Å². The van der Waals surface area contributed by atoms with E-state index in [2.05, 4.69) is 22.0 Å². The van der Waals surface area contributed by atoms with Crippen LogP contribution in [-0.2, 0) is 16.5 Å². The third kappa shape index (κ3) is 3.14. The van der Waals surface area contributed by atoms with Crippen molar-refractivity contribution in [2.24, 2.45) is 7.05 Å². The Labute approximate surface area is 168 Å². The minimum atomic E-state index is -0.0955. The molecular weight excluding hydrogens is 372 g/mol. The highest BCUT2D eigenvalue weighted by atomic mass is 16.5. The lowest BCUT2D eigenvalue weighted by atomic mass is 10.1. The van der Waals surface area contributed by atoms with Gasteiger partial charge < -0.3 is 19.5 Å². The molecule has 9 heteroatoms. The number of aromatic hydroxyl groups is 1. The van der Waals surface area contributed by atoms with Crippen molar-refractivity contribution in [1.82, 2.24) is 24.5 Å². The van der Waals surface area contributed by atoms with E-state index < -0.39 is 0 Å². The lowest BCUT2D eigenvalue weighted by molar-refractivity contribution is -0.0384. The Morgan fingerprint density at radius 3 is 2.93 bits per heavy atom. The first-order valence-electron chi connectivity index (χ1n) is 10.2. The van der Waals surface area contributed by atoms with Crippen molar-refractivity contribution >= 4 is 16.9 Å². The topological polar surface area (TPSA) is 90.5 Å². The van der Waals surface area contributed by atoms with Gasteiger partial charge in [-0.2, -0.15) is 10.2 Å². The maximum atomic E-state index is 10.8. The molecule has 29 heavy (non-hydrogen) atoms. The Hall–Kier alpha value is -2.65. The summed E-state index contributed by atoms with van der Waals surface area (Å²) in [7, 11) is 1.82. The van der Waals surface area contributed by atoms with E-state index in [0.29, 0.717) is 29.9 Å². The monoisotopic (exact) mass is 398 g/mol. The van der Waals surface area contributed by atoms with E-state index >= 15 is 0 Å². The number of fused-ring (bicyclic) bond motifs is 1. The molecule has 2 saturated heterocycles. The van der Waals surface area contributed by atoms with Crippen molar-refractivity contribution in [1.29, 1.82) is 0 Å². The van der Waals surface area contributed by atoms with Crippen molar-refractivity contribution in [2.75, 3.05) is 31.3 Å². The number of hydrogen-bond acceptors (Lipinski definition) is 7. The zero-order valence-electron chi connectivity index (χ0n) is 16.8. The normalized spacial score (nSPS) is 23.0. The van der Waals surface area contributed by atoms with Crippen molar-refractivity contribution in [3.8, 4) is 17.1 Å². The zero-order chi connectivity index (χ0) is 20.0. The third-order valence-electron chi connectivity index (χ3n) is 5.76. The summed E-state index contributed by atoms with van der Waals surface area (Å²) in [5.41, 5.74) is 2.83. The van der Waals surface area contributed by atoms with Crippen LogP contribution in [0.15, 0.2) is 18.3 Å². The number of aromatic nitrogens is 5. The Bertz CT molecular complexity index is 1020. The van der Waals surface area contributed by atoms with Gasteiger partial charge in [-0.3, -0.25) is 4.68 Å². The Kier molecular flexibility index (Phi) is 4.63. The number of rotatable bonds is 3. The molecule has 3 aromatic rings. The van der Waals surface area contributed by atoms with Crippen LogP contribution in [0.1, 0.15) is 32.4 Å². The van der Waals surface area contributed by atoms with Gasteiger partial charge in [0.1, 0.15) is 28.3 Å². The second-order valence-corrected chi connectivity index (χ2v) is 7.77. The fraction of sp³-hybridized carbons (Fsp3) is 0.550. The molecular formula is C20H26N6O3. The summed E-state index contributed by atoms with van der Waals surface area (Å²) in [5, 5.41) is 20.0. The highest BCUT2D eigenvalue weighted by Gasteiger charge is 2.26. The lowest BCUT2D eigenvalue weighted by Gasteiger charge is -2.34. The highest BCUT2D eigenvalue weighted by Crippen LogP contribution is 2.36. The second kappa shape index (κ2) is 7.31. The maximum Gasteiger partial charge on any atom is 0.150 e. The SMILES string of the molecule is C[C@@H]1COCCN1c1cc(O)c2c(n1)c(-c1ccnn1C1CCCCO1)nn2C. The van der Waals surface area contributed by atoms with Gasteiger partial charge in [-0.05, 0) is 32.3 Å². The van der Waals surface area contributed by atoms with E-state index in [1.807, 2.05) is 17.8 Å². The van der Waals surface area contributed by atoms with Gasteiger partial charge >= 0.3 is 0 Å². The molecule has 1 unspecified atom stereocenters. The van der Waals surface area contributed by atoms with Crippen molar-refractivity contribution in [2.45, 2.75) is 38.5 Å². The number of pyridine rings is 1. The first-order valence-corrected chi connectivity index (χ1v) is 10.2. The van der Waals surface area contributed by atoms with Crippen LogP contribution in [0.5, 0.6) is 5.75 Å². The Morgan fingerprint density at radius 2 is 2.14 bits per heavy atom. The van der Waals surface area contributed by atoms with Gasteiger partial charge in [0.15, 0.2) is 6.23 Å². The average molecular weight is 398 g/mol. The van der Waals surface area contributed by atoms with Crippen molar-refractivity contribution < 1.29 is 14.6 Å². The van der Waals surface area contributed by atoms with Crippen LogP contribution in [0.25, 0.3) is 22.4 Å². The summed E-state index contributed by atoms with van der Waals surface area (Å²) in [6.07, 6.45) is 4.79. The van der Waals surface area contributed by atoms with E-state index in [-0.39, 0.29) is 18.0 Å². The average Bonchev–Trinajstić information content (AvgIpc) is 3.34. The van der Waals surface area contributed by atoms with Gasteiger partial charge in [-0.1, -0.05) is 0 Å². The summed E-state index contributed by atoms with van der Waals surface area (Å²) >= 11 is 0. The van der Waals surface area contributed by atoms with Gasteiger partial charge in [-0.25, -0.2) is 9.67 Å².